The molecule has 1 saturated heterocycles. The predicted molar refractivity (Wildman–Crippen MR) is 109 cm³/mol. The van der Waals surface area contributed by atoms with Gasteiger partial charge in [0.25, 0.3) is 0 Å². The molecular formula is C22H27ClFN3O. The number of aromatic nitrogens is 1. The largest absolute Gasteiger partial charge is 0.488 e. The Hall–Kier alpha value is -1.69. The molecule has 1 saturated carbocycles. The number of rotatable bonds is 8. The third-order valence-electron chi connectivity index (χ3n) is 5.80. The van der Waals surface area contributed by atoms with Gasteiger partial charge in [0.2, 0.25) is 5.95 Å². The SMILES string of the molecule is Fc1ncccc1COc1cc(Cl)ccc1[C@@H]1C[C@H]1NCCC1CCNCC1. The van der Waals surface area contributed by atoms with Gasteiger partial charge in [0.05, 0.1) is 0 Å². The molecule has 150 valence electrons. The molecule has 2 aromatic rings. The minimum atomic E-state index is -0.491. The van der Waals surface area contributed by atoms with Gasteiger partial charge in [-0.1, -0.05) is 17.7 Å². The van der Waals surface area contributed by atoms with Crippen LogP contribution in [0.25, 0.3) is 0 Å². The molecule has 1 aromatic carbocycles. The number of pyridine rings is 1. The van der Waals surface area contributed by atoms with Crippen LogP contribution >= 0.6 is 11.6 Å². The zero-order valence-electron chi connectivity index (χ0n) is 16.0. The Morgan fingerprint density at radius 1 is 1.25 bits per heavy atom. The Labute approximate surface area is 170 Å². The smallest absolute Gasteiger partial charge is 0.219 e. The first kappa shape index (κ1) is 19.6. The van der Waals surface area contributed by atoms with Crippen molar-refractivity contribution in [3.8, 4) is 5.75 Å². The highest BCUT2D eigenvalue weighted by Crippen LogP contribution is 2.45. The van der Waals surface area contributed by atoms with Crippen molar-refractivity contribution < 1.29 is 9.13 Å². The van der Waals surface area contributed by atoms with Gasteiger partial charge < -0.3 is 15.4 Å². The number of hydrogen-bond acceptors (Lipinski definition) is 4. The zero-order chi connectivity index (χ0) is 19.3. The second kappa shape index (κ2) is 9.21. The lowest BCUT2D eigenvalue weighted by atomic mass is 9.95. The molecule has 1 aliphatic carbocycles. The summed E-state index contributed by atoms with van der Waals surface area (Å²) < 4.78 is 19.7. The van der Waals surface area contributed by atoms with Crippen molar-refractivity contribution in [2.45, 2.75) is 44.2 Å². The summed E-state index contributed by atoms with van der Waals surface area (Å²) in [5.74, 6) is 1.52. The second-order valence-corrected chi connectivity index (χ2v) is 8.25. The van der Waals surface area contributed by atoms with Crippen LogP contribution in [-0.4, -0.2) is 30.7 Å². The minimum Gasteiger partial charge on any atom is -0.488 e. The molecular weight excluding hydrogens is 377 g/mol. The molecule has 0 radical (unpaired) electrons. The van der Waals surface area contributed by atoms with Crippen LogP contribution in [0.1, 0.15) is 42.7 Å². The molecule has 1 aliphatic heterocycles. The predicted octanol–water partition coefficient (Wildman–Crippen LogP) is 4.29. The van der Waals surface area contributed by atoms with E-state index < -0.39 is 5.95 Å². The normalized spacial score (nSPS) is 22.2. The average Bonchev–Trinajstić information content (AvgIpc) is 3.47. The van der Waals surface area contributed by atoms with E-state index in [-0.39, 0.29) is 6.61 Å². The second-order valence-electron chi connectivity index (χ2n) is 7.81. The Morgan fingerprint density at radius 2 is 2.11 bits per heavy atom. The molecule has 0 amide bonds. The maximum atomic E-state index is 13.8. The lowest BCUT2D eigenvalue weighted by Crippen LogP contribution is -2.30. The van der Waals surface area contributed by atoms with Crippen LogP contribution in [-0.2, 0) is 6.61 Å². The number of piperidine rings is 1. The summed E-state index contributed by atoms with van der Waals surface area (Å²) in [6.07, 6.45) is 6.36. The summed E-state index contributed by atoms with van der Waals surface area (Å²) in [5, 5.41) is 7.74. The van der Waals surface area contributed by atoms with Crippen LogP contribution in [0, 0.1) is 11.9 Å². The molecule has 2 fully saturated rings. The van der Waals surface area contributed by atoms with E-state index in [1.165, 1.54) is 25.5 Å². The van der Waals surface area contributed by atoms with E-state index in [2.05, 4.69) is 15.6 Å². The zero-order valence-corrected chi connectivity index (χ0v) is 16.7. The molecule has 6 heteroatoms. The van der Waals surface area contributed by atoms with E-state index in [4.69, 9.17) is 16.3 Å². The molecule has 0 spiro atoms. The molecule has 2 aliphatic rings. The van der Waals surface area contributed by atoms with Crippen molar-refractivity contribution in [1.82, 2.24) is 15.6 Å². The van der Waals surface area contributed by atoms with Crippen LogP contribution in [0.3, 0.4) is 0 Å². The van der Waals surface area contributed by atoms with Gasteiger partial charge in [-0.2, -0.15) is 4.39 Å². The Morgan fingerprint density at radius 3 is 2.93 bits per heavy atom. The van der Waals surface area contributed by atoms with E-state index in [9.17, 15) is 4.39 Å². The van der Waals surface area contributed by atoms with E-state index in [0.717, 1.165) is 43.3 Å². The fourth-order valence-electron chi connectivity index (χ4n) is 4.03. The van der Waals surface area contributed by atoms with Crippen LogP contribution in [0.2, 0.25) is 5.02 Å². The Balaban J connectivity index is 1.32. The number of benzene rings is 1. The molecule has 0 unspecified atom stereocenters. The van der Waals surface area contributed by atoms with Crippen molar-refractivity contribution >= 4 is 11.6 Å². The van der Waals surface area contributed by atoms with Gasteiger partial charge in [-0.05, 0) is 81.1 Å². The highest BCUT2D eigenvalue weighted by Gasteiger charge is 2.39. The maximum Gasteiger partial charge on any atom is 0.219 e. The first-order valence-electron chi connectivity index (χ1n) is 10.2. The molecule has 4 nitrogen and oxygen atoms in total. The molecule has 2 atom stereocenters. The van der Waals surface area contributed by atoms with E-state index in [1.807, 2.05) is 18.2 Å². The monoisotopic (exact) mass is 403 g/mol. The van der Waals surface area contributed by atoms with Gasteiger partial charge in [-0.15, -0.1) is 0 Å². The average molecular weight is 404 g/mol. The highest BCUT2D eigenvalue weighted by molar-refractivity contribution is 6.30. The fraction of sp³-hybridized carbons (Fsp3) is 0.500. The fourth-order valence-corrected chi connectivity index (χ4v) is 4.19. The van der Waals surface area contributed by atoms with Crippen LogP contribution in [0.15, 0.2) is 36.5 Å². The molecule has 2 N–H and O–H groups in total. The van der Waals surface area contributed by atoms with Crippen LogP contribution < -0.4 is 15.4 Å². The minimum absolute atomic E-state index is 0.146. The summed E-state index contributed by atoms with van der Waals surface area (Å²) in [5.41, 5.74) is 1.59. The third kappa shape index (κ3) is 5.02. The van der Waals surface area contributed by atoms with Gasteiger partial charge in [0.15, 0.2) is 0 Å². The first-order chi connectivity index (χ1) is 13.7. The van der Waals surface area contributed by atoms with Gasteiger partial charge >= 0.3 is 0 Å². The maximum absolute atomic E-state index is 13.8. The van der Waals surface area contributed by atoms with E-state index in [1.54, 1.807) is 12.1 Å². The summed E-state index contributed by atoms with van der Waals surface area (Å²) in [4.78, 5) is 3.68. The molecule has 2 heterocycles. The van der Waals surface area contributed by atoms with Gasteiger partial charge in [0, 0.05) is 28.7 Å². The molecule has 1 aromatic heterocycles. The molecule has 28 heavy (non-hydrogen) atoms. The summed E-state index contributed by atoms with van der Waals surface area (Å²) in [6.45, 7) is 3.52. The third-order valence-corrected chi connectivity index (χ3v) is 6.04. The lowest BCUT2D eigenvalue weighted by molar-refractivity contribution is 0.294. The number of halogens is 2. The number of ether oxygens (including phenoxy) is 1. The quantitative estimate of drug-likeness (QED) is 0.645. The standard InChI is InChI=1S/C22H27ClFN3O/c23-17-3-4-18(21(12-17)28-14-16-2-1-8-27-22(16)24)19-13-20(19)26-11-7-15-5-9-25-10-6-15/h1-4,8,12,15,19-20,25-26H,5-7,9-11,13-14H2/t19-,20+/m0/s1. The summed E-state index contributed by atoms with van der Waals surface area (Å²) in [7, 11) is 0. The Kier molecular flexibility index (Phi) is 6.45. The number of nitrogens with one attached hydrogen (secondary N) is 2. The summed E-state index contributed by atoms with van der Waals surface area (Å²) in [6, 6.07) is 9.66. The van der Waals surface area contributed by atoms with Crippen molar-refractivity contribution in [3.63, 3.8) is 0 Å². The summed E-state index contributed by atoms with van der Waals surface area (Å²) >= 11 is 6.17. The van der Waals surface area contributed by atoms with Gasteiger partial charge in [-0.3, -0.25) is 0 Å². The van der Waals surface area contributed by atoms with Crippen molar-refractivity contribution in [2.75, 3.05) is 19.6 Å². The van der Waals surface area contributed by atoms with Gasteiger partial charge in [-0.25, -0.2) is 4.98 Å². The van der Waals surface area contributed by atoms with Gasteiger partial charge in [0.1, 0.15) is 12.4 Å². The Bertz CT molecular complexity index is 797. The first-order valence-corrected chi connectivity index (χ1v) is 10.5. The molecule has 0 bridgehead atoms. The van der Waals surface area contributed by atoms with Crippen molar-refractivity contribution in [3.05, 3.63) is 58.6 Å². The van der Waals surface area contributed by atoms with Crippen molar-refractivity contribution in [1.29, 1.82) is 0 Å². The highest BCUT2D eigenvalue weighted by atomic mass is 35.5. The topological polar surface area (TPSA) is 46.2 Å². The van der Waals surface area contributed by atoms with Crippen LogP contribution in [0.5, 0.6) is 5.75 Å². The van der Waals surface area contributed by atoms with E-state index in [0.29, 0.717) is 22.5 Å². The van der Waals surface area contributed by atoms with Crippen molar-refractivity contribution in [2.24, 2.45) is 5.92 Å². The number of hydrogen-bond donors (Lipinski definition) is 2. The van der Waals surface area contributed by atoms with E-state index >= 15 is 0 Å². The van der Waals surface area contributed by atoms with Crippen LogP contribution in [0.4, 0.5) is 4.39 Å². The lowest BCUT2D eigenvalue weighted by Gasteiger charge is -2.22. The number of nitrogens with zero attached hydrogens (tertiary/aromatic N) is 1. The molecule has 4 rings (SSSR count).